The Morgan fingerprint density at radius 3 is 3.16 bits per heavy atom. The van der Waals surface area contributed by atoms with Gasteiger partial charge in [0.05, 0.1) is 6.10 Å². The average molecular weight is 279 g/mol. The topological polar surface area (TPSA) is 84.1 Å². The molecule has 0 spiro atoms. The summed E-state index contributed by atoms with van der Waals surface area (Å²) in [4.78, 5) is 14.9. The highest BCUT2D eigenvalue weighted by atomic mass is 32.1. The van der Waals surface area contributed by atoms with E-state index in [1.54, 1.807) is 16.2 Å². The number of aliphatic hydroxyl groups is 1. The molecule has 0 unspecified atom stereocenters. The zero-order chi connectivity index (χ0) is 13.2. The molecular formula is C11H13N5O2S. The Labute approximate surface area is 113 Å². The number of aliphatic hydroxyl groups excluding tert-OH is 1. The van der Waals surface area contributed by atoms with Gasteiger partial charge in [0, 0.05) is 24.0 Å². The molecule has 100 valence electrons. The van der Waals surface area contributed by atoms with Crippen molar-refractivity contribution in [1.29, 1.82) is 0 Å². The number of likely N-dealkylation sites (tertiary alicyclic amines) is 1. The number of hydrogen-bond donors (Lipinski definition) is 1. The predicted octanol–water partition coefficient (Wildman–Crippen LogP) is -0.00520. The van der Waals surface area contributed by atoms with Crippen LogP contribution in [0.4, 0.5) is 0 Å². The van der Waals surface area contributed by atoms with E-state index in [9.17, 15) is 9.90 Å². The molecule has 0 aromatic carbocycles. The summed E-state index contributed by atoms with van der Waals surface area (Å²) < 4.78 is 0. The number of aromatic nitrogens is 4. The minimum Gasteiger partial charge on any atom is -0.391 e. The van der Waals surface area contributed by atoms with Gasteiger partial charge in [-0.1, -0.05) is 0 Å². The maximum absolute atomic E-state index is 11.9. The molecule has 3 heterocycles. The van der Waals surface area contributed by atoms with E-state index in [0.717, 1.165) is 5.56 Å². The molecule has 0 radical (unpaired) electrons. The van der Waals surface area contributed by atoms with Gasteiger partial charge < -0.3 is 10.0 Å². The number of carbonyl (C=O) groups is 1. The third-order valence-corrected chi connectivity index (χ3v) is 3.71. The van der Waals surface area contributed by atoms with Gasteiger partial charge >= 0.3 is 0 Å². The van der Waals surface area contributed by atoms with Crippen molar-refractivity contribution in [3.8, 4) is 11.4 Å². The van der Waals surface area contributed by atoms with Crippen LogP contribution < -0.4 is 0 Å². The van der Waals surface area contributed by atoms with Crippen LogP contribution in [0, 0.1) is 0 Å². The van der Waals surface area contributed by atoms with Crippen LogP contribution in [-0.4, -0.2) is 55.3 Å². The van der Waals surface area contributed by atoms with Gasteiger partial charge in [-0.15, -0.1) is 10.2 Å². The molecule has 0 aliphatic carbocycles. The Morgan fingerprint density at radius 1 is 1.58 bits per heavy atom. The number of tetrazole rings is 1. The Balaban J connectivity index is 1.66. The fourth-order valence-electron chi connectivity index (χ4n) is 2.01. The van der Waals surface area contributed by atoms with Crippen LogP contribution in [0.2, 0.25) is 0 Å². The second kappa shape index (κ2) is 5.06. The molecule has 8 heteroatoms. The number of hydrogen-bond acceptors (Lipinski definition) is 6. The molecule has 1 atom stereocenters. The Morgan fingerprint density at radius 2 is 2.47 bits per heavy atom. The lowest BCUT2D eigenvalue weighted by Gasteiger charge is -2.14. The monoisotopic (exact) mass is 279 g/mol. The van der Waals surface area contributed by atoms with Crippen LogP contribution >= 0.6 is 11.3 Å². The van der Waals surface area contributed by atoms with Gasteiger partial charge in [0.1, 0.15) is 6.54 Å². The molecule has 1 N–H and O–H groups in total. The first-order chi connectivity index (χ1) is 9.22. The number of thiophene rings is 1. The predicted molar refractivity (Wildman–Crippen MR) is 68.3 cm³/mol. The third-order valence-electron chi connectivity index (χ3n) is 3.02. The number of carbonyl (C=O) groups excluding carboxylic acids is 1. The van der Waals surface area contributed by atoms with Crippen LogP contribution in [0.1, 0.15) is 6.42 Å². The standard InChI is InChI=1S/C11H13N5O2S/c17-9-1-3-15(5-9)10(18)6-16-13-11(12-14-16)8-2-4-19-7-8/h2,4,7,9,17H,1,3,5-6H2/t9-/m0/s1. The summed E-state index contributed by atoms with van der Waals surface area (Å²) in [5.74, 6) is 0.432. The Hall–Kier alpha value is -1.80. The molecule has 2 aromatic heterocycles. The SMILES string of the molecule is O=C(Cn1nnc(-c2ccsc2)n1)N1CC[C@H](O)C1. The highest BCUT2D eigenvalue weighted by Gasteiger charge is 2.25. The van der Waals surface area contributed by atoms with Crippen molar-refractivity contribution in [2.24, 2.45) is 0 Å². The van der Waals surface area contributed by atoms with E-state index in [2.05, 4.69) is 15.4 Å². The van der Waals surface area contributed by atoms with Crippen molar-refractivity contribution in [3.63, 3.8) is 0 Å². The molecule has 1 fully saturated rings. The zero-order valence-corrected chi connectivity index (χ0v) is 11.0. The fourth-order valence-corrected chi connectivity index (χ4v) is 2.64. The molecule has 3 rings (SSSR count). The molecule has 1 amide bonds. The highest BCUT2D eigenvalue weighted by molar-refractivity contribution is 7.08. The summed E-state index contributed by atoms with van der Waals surface area (Å²) in [6.45, 7) is 1.04. The van der Waals surface area contributed by atoms with E-state index in [4.69, 9.17) is 0 Å². The van der Waals surface area contributed by atoms with Gasteiger partial charge in [0.15, 0.2) is 0 Å². The molecule has 1 saturated heterocycles. The fraction of sp³-hybridized carbons (Fsp3) is 0.455. The van der Waals surface area contributed by atoms with Crippen molar-refractivity contribution < 1.29 is 9.90 Å². The number of nitrogens with zero attached hydrogens (tertiary/aromatic N) is 5. The summed E-state index contributed by atoms with van der Waals surface area (Å²) in [5, 5.41) is 25.2. The molecule has 0 bridgehead atoms. The van der Waals surface area contributed by atoms with Gasteiger partial charge in [-0.3, -0.25) is 4.79 Å². The maximum atomic E-state index is 11.9. The van der Waals surface area contributed by atoms with Crippen LogP contribution in [0.5, 0.6) is 0 Å². The average Bonchev–Trinajstić information content (AvgIpc) is 3.07. The van der Waals surface area contributed by atoms with Crippen molar-refractivity contribution in [2.45, 2.75) is 19.1 Å². The minimum atomic E-state index is -0.408. The molecular weight excluding hydrogens is 266 g/mol. The number of rotatable bonds is 3. The van der Waals surface area contributed by atoms with Gasteiger partial charge in [0.2, 0.25) is 11.7 Å². The summed E-state index contributed by atoms with van der Waals surface area (Å²) in [5.41, 5.74) is 0.903. The van der Waals surface area contributed by atoms with Crippen LogP contribution in [0.15, 0.2) is 16.8 Å². The lowest BCUT2D eigenvalue weighted by Crippen LogP contribution is -2.33. The van der Waals surface area contributed by atoms with E-state index in [1.807, 2.05) is 16.8 Å². The van der Waals surface area contributed by atoms with Gasteiger partial charge in [0.25, 0.3) is 0 Å². The van der Waals surface area contributed by atoms with Crippen molar-refractivity contribution in [2.75, 3.05) is 13.1 Å². The van der Waals surface area contributed by atoms with E-state index in [1.165, 1.54) is 4.80 Å². The first-order valence-corrected chi connectivity index (χ1v) is 6.93. The Kier molecular flexibility index (Phi) is 3.26. The van der Waals surface area contributed by atoms with Crippen molar-refractivity contribution in [3.05, 3.63) is 16.8 Å². The highest BCUT2D eigenvalue weighted by Crippen LogP contribution is 2.16. The first-order valence-electron chi connectivity index (χ1n) is 5.98. The second-order valence-corrected chi connectivity index (χ2v) is 5.22. The lowest BCUT2D eigenvalue weighted by atomic mass is 10.3. The van der Waals surface area contributed by atoms with Crippen LogP contribution in [0.3, 0.4) is 0 Å². The molecule has 19 heavy (non-hydrogen) atoms. The summed E-state index contributed by atoms with van der Waals surface area (Å²) in [7, 11) is 0. The van der Waals surface area contributed by atoms with E-state index < -0.39 is 6.10 Å². The quantitative estimate of drug-likeness (QED) is 0.854. The molecule has 1 aliphatic rings. The van der Waals surface area contributed by atoms with Crippen LogP contribution in [-0.2, 0) is 11.3 Å². The maximum Gasteiger partial charge on any atom is 0.246 e. The summed E-state index contributed by atoms with van der Waals surface area (Å²) >= 11 is 1.56. The lowest BCUT2D eigenvalue weighted by molar-refractivity contribution is -0.131. The third kappa shape index (κ3) is 2.64. The van der Waals surface area contributed by atoms with E-state index in [-0.39, 0.29) is 12.5 Å². The van der Waals surface area contributed by atoms with Crippen LogP contribution in [0.25, 0.3) is 11.4 Å². The normalized spacial score (nSPS) is 19.0. The Bertz CT molecular complexity index is 567. The zero-order valence-electron chi connectivity index (χ0n) is 10.1. The van der Waals surface area contributed by atoms with Crippen molar-refractivity contribution in [1.82, 2.24) is 25.1 Å². The summed E-state index contributed by atoms with van der Waals surface area (Å²) in [6, 6.07) is 1.91. The summed E-state index contributed by atoms with van der Waals surface area (Å²) in [6.07, 6.45) is 0.227. The van der Waals surface area contributed by atoms with Gasteiger partial charge in [-0.2, -0.15) is 16.1 Å². The number of β-amino-alcohol motifs (C(OH)–C–C–N with tert-alkyl or cyclic N) is 1. The van der Waals surface area contributed by atoms with Gasteiger partial charge in [-0.25, -0.2) is 0 Å². The van der Waals surface area contributed by atoms with E-state index >= 15 is 0 Å². The number of amides is 1. The minimum absolute atomic E-state index is 0.0594. The second-order valence-electron chi connectivity index (χ2n) is 4.44. The molecule has 0 saturated carbocycles. The first kappa shape index (κ1) is 12.2. The van der Waals surface area contributed by atoms with Crippen molar-refractivity contribution >= 4 is 17.2 Å². The van der Waals surface area contributed by atoms with E-state index in [0.29, 0.717) is 25.3 Å². The molecule has 1 aliphatic heterocycles. The van der Waals surface area contributed by atoms with Gasteiger partial charge in [-0.05, 0) is 23.1 Å². The molecule has 7 nitrogen and oxygen atoms in total. The largest absolute Gasteiger partial charge is 0.391 e. The molecule has 2 aromatic rings. The smallest absolute Gasteiger partial charge is 0.246 e.